The van der Waals surface area contributed by atoms with Gasteiger partial charge in [-0.2, -0.15) is 0 Å². The fraction of sp³-hybridized carbons (Fsp3) is 0.368. The van der Waals surface area contributed by atoms with Crippen LogP contribution in [0.2, 0.25) is 0 Å². The number of rotatable bonds is 0. The molecular formula is C19H18S2. The van der Waals surface area contributed by atoms with E-state index in [0.29, 0.717) is 0 Å². The smallest absolute Gasteiger partial charge is 0.113 e. The van der Waals surface area contributed by atoms with E-state index in [1.54, 1.807) is 11.1 Å². The van der Waals surface area contributed by atoms with Gasteiger partial charge in [0.1, 0.15) is 4.08 Å². The van der Waals surface area contributed by atoms with Crippen LogP contribution in [0.25, 0.3) is 11.1 Å². The standard InChI is InChI=1S/C19H18S2/c1-3-9-15-13(7-1)14-8-2-4-10-16(14)19(15)20-17-11-5-6-12-18(17)21-19/h1-4,7-10,17-18H,5-6,11-12H2/t17-,18-/m1/s1. The van der Waals surface area contributed by atoms with Gasteiger partial charge in [-0.15, -0.1) is 23.5 Å². The molecule has 1 saturated heterocycles. The van der Waals surface area contributed by atoms with E-state index < -0.39 is 0 Å². The van der Waals surface area contributed by atoms with E-state index >= 15 is 0 Å². The maximum atomic E-state index is 2.37. The lowest BCUT2D eigenvalue weighted by molar-refractivity contribution is 0.532. The van der Waals surface area contributed by atoms with Gasteiger partial charge >= 0.3 is 0 Å². The zero-order valence-corrected chi connectivity index (χ0v) is 13.6. The fourth-order valence-corrected chi connectivity index (χ4v) is 8.71. The number of hydrogen-bond acceptors (Lipinski definition) is 2. The Bertz CT molecular complexity index is 645. The van der Waals surface area contributed by atoms with Gasteiger partial charge in [0.05, 0.1) is 0 Å². The van der Waals surface area contributed by atoms with E-state index in [9.17, 15) is 0 Å². The predicted molar refractivity (Wildman–Crippen MR) is 93.9 cm³/mol. The van der Waals surface area contributed by atoms with Crippen molar-refractivity contribution < 1.29 is 0 Å². The summed E-state index contributed by atoms with van der Waals surface area (Å²) < 4.78 is 0.173. The largest absolute Gasteiger partial charge is 0.130 e. The van der Waals surface area contributed by atoms with Crippen LogP contribution in [-0.2, 0) is 4.08 Å². The molecule has 0 amide bonds. The highest BCUT2D eigenvalue weighted by atomic mass is 32.2. The van der Waals surface area contributed by atoms with Gasteiger partial charge in [-0.25, -0.2) is 0 Å². The third-order valence-electron chi connectivity index (χ3n) is 5.13. The first-order chi connectivity index (χ1) is 10.4. The Labute approximate surface area is 134 Å². The van der Waals surface area contributed by atoms with Gasteiger partial charge in [-0.1, -0.05) is 61.4 Å². The third-order valence-corrected chi connectivity index (χ3v) is 9.16. The van der Waals surface area contributed by atoms with Gasteiger partial charge in [0.15, 0.2) is 0 Å². The average Bonchev–Trinajstić information content (AvgIpc) is 3.06. The van der Waals surface area contributed by atoms with Gasteiger partial charge in [-0.3, -0.25) is 0 Å². The highest BCUT2D eigenvalue weighted by Gasteiger charge is 2.53. The molecule has 1 saturated carbocycles. The van der Waals surface area contributed by atoms with Crippen LogP contribution in [0, 0.1) is 0 Å². The molecule has 1 spiro atoms. The van der Waals surface area contributed by atoms with Crippen LogP contribution in [0.15, 0.2) is 48.5 Å². The SMILES string of the molecule is c1ccc2c(c1)-c1ccccc1C21S[C@@H]2CCCC[C@H]2S1. The van der Waals surface area contributed by atoms with E-state index in [2.05, 4.69) is 72.1 Å². The molecule has 21 heavy (non-hydrogen) atoms. The molecule has 0 aromatic heterocycles. The van der Waals surface area contributed by atoms with Crippen molar-refractivity contribution in [1.29, 1.82) is 0 Å². The van der Waals surface area contributed by atoms with Crippen LogP contribution in [0.4, 0.5) is 0 Å². The summed E-state index contributed by atoms with van der Waals surface area (Å²) in [6.45, 7) is 0. The van der Waals surface area contributed by atoms with Crippen LogP contribution in [0.1, 0.15) is 36.8 Å². The summed E-state index contributed by atoms with van der Waals surface area (Å²) >= 11 is 4.51. The maximum Gasteiger partial charge on any atom is 0.113 e. The molecule has 2 fully saturated rings. The molecular weight excluding hydrogens is 292 g/mol. The first kappa shape index (κ1) is 12.7. The lowest BCUT2D eigenvalue weighted by Gasteiger charge is -2.25. The Kier molecular flexibility index (Phi) is 2.75. The quantitative estimate of drug-likeness (QED) is 0.616. The lowest BCUT2D eigenvalue weighted by Crippen LogP contribution is -2.19. The Morgan fingerprint density at radius 2 is 1.19 bits per heavy atom. The second-order valence-electron chi connectivity index (χ2n) is 6.30. The van der Waals surface area contributed by atoms with Crippen LogP contribution < -0.4 is 0 Å². The van der Waals surface area contributed by atoms with Gasteiger partial charge in [-0.05, 0) is 35.1 Å². The summed E-state index contributed by atoms with van der Waals surface area (Å²) in [5.74, 6) is 0. The summed E-state index contributed by atoms with van der Waals surface area (Å²) in [5, 5.41) is 1.70. The summed E-state index contributed by atoms with van der Waals surface area (Å²) in [4.78, 5) is 0. The molecule has 0 nitrogen and oxygen atoms in total. The van der Waals surface area contributed by atoms with Gasteiger partial charge in [0.25, 0.3) is 0 Å². The van der Waals surface area contributed by atoms with Crippen molar-refractivity contribution in [3.8, 4) is 11.1 Å². The highest BCUT2D eigenvalue weighted by Crippen LogP contribution is 2.69. The minimum absolute atomic E-state index is 0.173. The zero-order valence-electron chi connectivity index (χ0n) is 11.9. The summed E-state index contributed by atoms with van der Waals surface area (Å²) in [6.07, 6.45) is 5.67. The Balaban J connectivity index is 1.73. The second kappa shape index (κ2) is 4.57. The number of benzene rings is 2. The van der Waals surface area contributed by atoms with Gasteiger partial charge < -0.3 is 0 Å². The monoisotopic (exact) mass is 310 g/mol. The summed E-state index contributed by atoms with van der Waals surface area (Å²) in [7, 11) is 0. The van der Waals surface area contributed by atoms with Crippen molar-refractivity contribution in [2.75, 3.05) is 0 Å². The molecule has 0 bridgehead atoms. The molecule has 2 heteroatoms. The molecule has 2 aromatic carbocycles. The molecule has 1 aliphatic heterocycles. The van der Waals surface area contributed by atoms with Crippen LogP contribution in [-0.4, -0.2) is 10.5 Å². The number of thioether (sulfide) groups is 2. The maximum absolute atomic E-state index is 2.37. The molecule has 0 N–H and O–H groups in total. The molecule has 0 radical (unpaired) electrons. The van der Waals surface area contributed by atoms with Crippen LogP contribution in [0.3, 0.4) is 0 Å². The van der Waals surface area contributed by atoms with Crippen LogP contribution in [0.5, 0.6) is 0 Å². The fourth-order valence-electron chi connectivity index (χ4n) is 4.20. The van der Waals surface area contributed by atoms with E-state index in [1.165, 1.54) is 36.8 Å². The van der Waals surface area contributed by atoms with Crippen molar-refractivity contribution in [2.45, 2.75) is 40.3 Å². The van der Waals surface area contributed by atoms with E-state index in [0.717, 1.165) is 10.5 Å². The van der Waals surface area contributed by atoms with Crippen LogP contribution >= 0.6 is 23.5 Å². The van der Waals surface area contributed by atoms with Crippen molar-refractivity contribution in [1.82, 2.24) is 0 Å². The molecule has 3 aliphatic rings. The second-order valence-corrected chi connectivity index (χ2v) is 9.47. The van der Waals surface area contributed by atoms with Crippen molar-refractivity contribution in [2.24, 2.45) is 0 Å². The summed E-state index contributed by atoms with van der Waals surface area (Å²) in [6, 6.07) is 18.2. The van der Waals surface area contributed by atoms with Crippen molar-refractivity contribution >= 4 is 23.5 Å². The highest BCUT2D eigenvalue weighted by molar-refractivity contribution is 8.21. The molecule has 106 valence electrons. The first-order valence-corrected chi connectivity index (χ1v) is 9.69. The lowest BCUT2D eigenvalue weighted by atomic mass is 10.00. The van der Waals surface area contributed by atoms with Gasteiger partial charge in [0, 0.05) is 10.5 Å². The molecule has 2 aliphatic carbocycles. The topological polar surface area (TPSA) is 0 Å². The van der Waals surface area contributed by atoms with Crippen molar-refractivity contribution in [3.63, 3.8) is 0 Å². The third kappa shape index (κ3) is 1.66. The Morgan fingerprint density at radius 1 is 0.714 bits per heavy atom. The predicted octanol–water partition coefficient (Wildman–Crippen LogP) is 5.66. The minimum Gasteiger partial charge on any atom is -0.130 e. The molecule has 5 rings (SSSR count). The number of fused-ring (bicyclic) bond motifs is 6. The van der Waals surface area contributed by atoms with Crippen molar-refractivity contribution in [3.05, 3.63) is 59.7 Å². The van der Waals surface area contributed by atoms with E-state index in [4.69, 9.17) is 0 Å². The first-order valence-electron chi connectivity index (χ1n) is 7.93. The average molecular weight is 310 g/mol. The zero-order chi connectivity index (χ0) is 13.9. The van der Waals surface area contributed by atoms with E-state index in [-0.39, 0.29) is 4.08 Å². The molecule has 0 unspecified atom stereocenters. The molecule has 2 aromatic rings. The normalized spacial score (nSPS) is 28.2. The minimum atomic E-state index is 0.173. The Morgan fingerprint density at radius 3 is 1.71 bits per heavy atom. The molecule has 2 atom stereocenters. The summed E-state index contributed by atoms with van der Waals surface area (Å²) in [5.41, 5.74) is 6.03. The molecule has 1 heterocycles. The van der Waals surface area contributed by atoms with E-state index in [1.807, 2.05) is 0 Å². The Hall–Kier alpha value is -0.860. The van der Waals surface area contributed by atoms with Gasteiger partial charge in [0.2, 0.25) is 0 Å². The number of hydrogen-bond donors (Lipinski definition) is 0.